The summed E-state index contributed by atoms with van der Waals surface area (Å²) in [7, 11) is 0. The van der Waals surface area contributed by atoms with Gasteiger partial charge in [-0.25, -0.2) is 13.8 Å². The van der Waals surface area contributed by atoms with E-state index in [0.29, 0.717) is 16.8 Å². The van der Waals surface area contributed by atoms with Crippen LogP contribution in [-0.2, 0) is 0 Å². The van der Waals surface area contributed by atoms with E-state index in [9.17, 15) is 8.78 Å². The van der Waals surface area contributed by atoms with E-state index in [1.165, 1.54) is 0 Å². The highest BCUT2D eigenvalue weighted by molar-refractivity contribution is 7.80. The second-order valence-electron chi connectivity index (χ2n) is 4.44. The Labute approximate surface area is 133 Å². The third-order valence-corrected chi connectivity index (χ3v) is 3.31. The molecule has 1 aromatic heterocycles. The fourth-order valence-electron chi connectivity index (χ4n) is 1.95. The predicted octanol–water partition coefficient (Wildman–Crippen LogP) is 4.08. The van der Waals surface area contributed by atoms with Gasteiger partial charge in [-0.3, -0.25) is 0 Å². The summed E-state index contributed by atoms with van der Waals surface area (Å²) in [5.41, 5.74) is 7.16. The topological polar surface area (TPSA) is 64.1 Å². The van der Waals surface area contributed by atoms with Crippen molar-refractivity contribution in [2.24, 2.45) is 5.73 Å². The second-order valence-corrected chi connectivity index (χ2v) is 5.28. The molecule has 4 nitrogen and oxygen atoms in total. The molecule has 2 aromatic carbocycles. The maximum atomic E-state index is 13.4. The molecule has 0 fully saturated rings. The van der Waals surface area contributed by atoms with Gasteiger partial charge in [0, 0.05) is 5.69 Å². The summed E-state index contributed by atoms with van der Waals surface area (Å²) in [6.45, 7) is 0. The molecule has 0 saturated heterocycles. The van der Waals surface area contributed by atoms with Gasteiger partial charge in [0.05, 0.1) is 10.6 Å². The van der Waals surface area contributed by atoms with Crippen LogP contribution in [0.1, 0.15) is 0 Å². The highest BCUT2D eigenvalue weighted by Gasteiger charge is 2.15. The Morgan fingerprint density at radius 2 is 1.95 bits per heavy atom. The third-order valence-electron chi connectivity index (χ3n) is 2.90. The average molecular weight is 340 g/mol. The molecule has 0 radical (unpaired) electrons. The first-order valence-electron chi connectivity index (χ1n) is 6.06. The van der Waals surface area contributed by atoms with Gasteiger partial charge in [-0.1, -0.05) is 11.6 Å². The largest absolute Gasteiger partial charge is 0.436 e. The maximum absolute atomic E-state index is 13.4. The number of nitrogens with one attached hydrogen (secondary N) is 1. The molecule has 22 heavy (non-hydrogen) atoms. The van der Waals surface area contributed by atoms with Crippen molar-refractivity contribution in [2.45, 2.75) is 0 Å². The first-order valence-corrected chi connectivity index (χ1v) is 6.84. The van der Waals surface area contributed by atoms with Crippen molar-refractivity contribution in [1.29, 1.82) is 0 Å². The summed E-state index contributed by atoms with van der Waals surface area (Å²) in [5.74, 6) is -1.98. The van der Waals surface area contributed by atoms with Crippen LogP contribution in [-0.4, -0.2) is 10.1 Å². The smallest absolute Gasteiger partial charge is 0.228 e. The number of aromatic nitrogens is 1. The summed E-state index contributed by atoms with van der Waals surface area (Å²) in [6.07, 6.45) is 0. The average Bonchev–Trinajstić information content (AvgIpc) is 2.85. The van der Waals surface area contributed by atoms with Crippen molar-refractivity contribution >= 4 is 45.7 Å². The Morgan fingerprint density at radius 1 is 1.23 bits per heavy atom. The molecule has 1 heterocycles. The van der Waals surface area contributed by atoms with Crippen LogP contribution in [0.25, 0.3) is 22.6 Å². The fraction of sp³-hybridized carbons (Fsp3) is 0. The number of oxazole rings is 1. The van der Waals surface area contributed by atoms with Gasteiger partial charge < -0.3 is 15.5 Å². The number of nitrogens with two attached hydrogens (primary N) is 1. The van der Waals surface area contributed by atoms with Crippen molar-refractivity contribution in [3.05, 3.63) is 47.0 Å². The summed E-state index contributed by atoms with van der Waals surface area (Å²) < 4.78 is 32.0. The Bertz CT molecular complexity index is 897. The van der Waals surface area contributed by atoms with Crippen LogP contribution < -0.4 is 11.1 Å². The minimum atomic E-state index is -1.03. The van der Waals surface area contributed by atoms with Gasteiger partial charge in [0.1, 0.15) is 5.52 Å². The minimum Gasteiger partial charge on any atom is -0.436 e. The van der Waals surface area contributed by atoms with Gasteiger partial charge in [-0.2, -0.15) is 0 Å². The van der Waals surface area contributed by atoms with Crippen molar-refractivity contribution in [2.75, 3.05) is 5.32 Å². The number of fused-ring (bicyclic) bond motifs is 1. The first-order chi connectivity index (χ1) is 10.4. The molecule has 0 bridgehead atoms. The molecule has 0 aliphatic carbocycles. The van der Waals surface area contributed by atoms with Crippen molar-refractivity contribution in [3.63, 3.8) is 0 Å². The van der Waals surface area contributed by atoms with Crippen molar-refractivity contribution in [3.8, 4) is 11.5 Å². The zero-order valence-corrected chi connectivity index (χ0v) is 12.4. The quantitative estimate of drug-likeness (QED) is 0.544. The highest BCUT2D eigenvalue weighted by atomic mass is 35.5. The lowest BCUT2D eigenvalue weighted by atomic mass is 10.2. The Hall–Kier alpha value is -2.25. The maximum Gasteiger partial charge on any atom is 0.228 e. The Balaban J connectivity index is 2.09. The van der Waals surface area contributed by atoms with Gasteiger partial charge in [0.2, 0.25) is 5.89 Å². The van der Waals surface area contributed by atoms with Gasteiger partial charge >= 0.3 is 0 Å². The number of hydrogen-bond acceptors (Lipinski definition) is 3. The molecular weight excluding hydrogens is 332 g/mol. The van der Waals surface area contributed by atoms with Crippen LogP contribution in [0.5, 0.6) is 0 Å². The van der Waals surface area contributed by atoms with Crippen LogP contribution in [0.15, 0.2) is 34.7 Å². The standard InChI is InChI=1S/C14H8ClF2N3OS/c15-8-5-10(17)9(16)4-7(8)13-20-11-3-6(19-14(18)22)1-2-12(11)21-13/h1-5H,(H3,18,19,22). The molecule has 0 spiro atoms. The second kappa shape index (κ2) is 5.51. The van der Waals surface area contributed by atoms with Gasteiger partial charge in [0.25, 0.3) is 0 Å². The first kappa shape index (κ1) is 14.7. The predicted molar refractivity (Wildman–Crippen MR) is 84.8 cm³/mol. The van der Waals surface area contributed by atoms with Crippen molar-refractivity contribution < 1.29 is 13.2 Å². The minimum absolute atomic E-state index is 0.00643. The van der Waals surface area contributed by atoms with E-state index in [1.54, 1.807) is 18.2 Å². The molecule has 0 amide bonds. The normalized spacial score (nSPS) is 10.9. The number of halogens is 3. The van der Waals surface area contributed by atoms with Crippen LogP contribution in [0, 0.1) is 11.6 Å². The lowest BCUT2D eigenvalue weighted by Gasteiger charge is -2.01. The summed E-state index contributed by atoms with van der Waals surface area (Å²) >= 11 is 10.7. The summed E-state index contributed by atoms with van der Waals surface area (Å²) in [6, 6.07) is 6.83. The van der Waals surface area contributed by atoms with Gasteiger partial charge in [0.15, 0.2) is 22.3 Å². The summed E-state index contributed by atoms with van der Waals surface area (Å²) in [4.78, 5) is 4.22. The number of nitrogens with zero attached hydrogens (tertiary/aromatic N) is 1. The molecule has 3 rings (SSSR count). The molecular formula is C14H8ClF2N3OS. The Kier molecular flexibility index (Phi) is 3.67. The third kappa shape index (κ3) is 2.72. The number of thiocarbonyl (C=S) groups is 1. The van der Waals surface area contributed by atoms with E-state index in [-0.39, 0.29) is 21.6 Å². The van der Waals surface area contributed by atoms with Crippen LogP contribution in [0.2, 0.25) is 5.02 Å². The highest BCUT2D eigenvalue weighted by Crippen LogP contribution is 2.32. The SMILES string of the molecule is NC(=S)Nc1ccc2oc(-c3cc(F)c(F)cc3Cl)nc2c1. The van der Waals surface area contributed by atoms with E-state index in [1.807, 2.05) is 0 Å². The molecule has 0 saturated carbocycles. The molecule has 0 aliphatic heterocycles. The molecule has 8 heteroatoms. The molecule has 3 aromatic rings. The fourth-order valence-corrected chi connectivity index (χ4v) is 2.30. The molecule has 0 unspecified atom stereocenters. The summed E-state index contributed by atoms with van der Waals surface area (Å²) in [5, 5.41) is 2.89. The van der Waals surface area contributed by atoms with Crippen LogP contribution >= 0.6 is 23.8 Å². The monoisotopic (exact) mass is 339 g/mol. The lowest BCUT2D eigenvalue weighted by Crippen LogP contribution is -2.18. The number of anilines is 1. The van der Waals surface area contributed by atoms with Crippen LogP contribution in [0.3, 0.4) is 0 Å². The molecule has 0 aliphatic rings. The number of rotatable bonds is 2. The lowest BCUT2D eigenvalue weighted by molar-refractivity contribution is 0.508. The van der Waals surface area contributed by atoms with Crippen molar-refractivity contribution in [1.82, 2.24) is 4.98 Å². The zero-order valence-electron chi connectivity index (χ0n) is 10.9. The molecule has 3 N–H and O–H groups in total. The van der Waals surface area contributed by atoms with E-state index in [0.717, 1.165) is 12.1 Å². The van der Waals surface area contributed by atoms with E-state index in [2.05, 4.69) is 10.3 Å². The van der Waals surface area contributed by atoms with Gasteiger partial charge in [-0.05, 0) is 42.5 Å². The van der Waals surface area contributed by atoms with E-state index < -0.39 is 11.6 Å². The molecule has 112 valence electrons. The number of benzene rings is 2. The van der Waals surface area contributed by atoms with Gasteiger partial charge in [-0.15, -0.1) is 0 Å². The van der Waals surface area contributed by atoms with Crippen LogP contribution in [0.4, 0.5) is 14.5 Å². The van der Waals surface area contributed by atoms with E-state index >= 15 is 0 Å². The zero-order chi connectivity index (χ0) is 15.9. The molecule has 0 atom stereocenters. The van der Waals surface area contributed by atoms with E-state index in [4.69, 9.17) is 34.0 Å². The Morgan fingerprint density at radius 3 is 2.68 bits per heavy atom. The number of hydrogen-bond donors (Lipinski definition) is 2.